The van der Waals surface area contributed by atoms with E-state index < -0.39 is 0 Å². The van der Waals surface area contributed by atoms with Gasteiger partial charge in [0, 0.05) is 25.7 Å². The zero-order valence-electron chi connectivity index (χ0n) is 12.6. The van der Waals surface area contributed by atoms with E-state index in [1.165, 1.54) is 49.8 Å². The number of nitrogens with zero attached hydrogens (tertiary/aromatic N) is 3. The Labute approximate surface area is 122 Å². The summed E-state index contributed by atoms with van der Waals surface area (Å²) >= 11 is 0. The Morgan fingerprint density at radius 3 is 3.00 bits per heavy atom. The average Bonchev–Trinajstić information content (AvgIpc) is 3.00. The molecule has 2 heterocycles. The normalized spacial score (nSPS) is 19.1. The Bertz CT molecular complexity index is 440. The highest BCUT2D eigenvalue weighted by Crippen LogP contribution is 2.29. The Kier molecular flexibility index (Phi) is 4.51. The number of fused-ring (bicyclic) bond motifs is 1. The Morgan fingerprint density at radius 1 is 1.30 bits per heavy atom. The maximum atomic E-state index is 4.53. The van der Waals surface area contributed by atoms with Crippen LogP contribution in [0.3, 0.4) is 0 Å². The first-order valence-electron chi connectivity index (χ1n) is 8.09. The van der Waals surface area contributed by atoms with E-state index in [2.05, 4.69) is 27.2 Å². The van der Waals surface area contributed by atoms with Crippen LogP contribution in [0.15, 0.2) is 6.33 Å². The van der Waals surface area contributed by atoms with Crippen molar-refractivity contribution in [1.29, 1.82) is 0 Å². The van der Waals surface area contributed by atoms with Crippen molar-refractivity contribution in [3.8, 4) is 0 Å². The fraction of sp³-hybridized carbons (Fsp3) is 0.750. The van der Waals surface area contributed by atoms with Gasteiger partial charge in [-0.05, 0) is 31.7 Å². The van der Waals surface area contributed by atoms with Crippen molar-refractivity contribution in [3.05, 3.63) is 17.6 Å². The van der Waals surface area contributed by atoms with Crippen LogP contribution in [0.25, 0.3) is 0 Å². The quantitative estimate of drug-likeness (QED) is 0.896. The lowest BCUT2D eigenvalue weighted by molar-refractivity contribution is 0.484. The molecular formula is C16H26N4. The van der Waals surface area contributed by atoms with E-state index in [1.807, 2.05) is 0 Å². The minimum absolute atomic E-state index is 0.890. The minimum atomic E-state index is 0.890. The second kappa shape index (κ2) is 6.53. The van der Waals surface area contributed by atoms with Crippen LogP contribution in [0.2, 0.25) is 0 Å². The van der Waals surface area contributed by atoms with Crippen molar-refractivity contribution in [1.82, 2.24) is 15.3 Å². The molecule has 3 rings (SSSR count). The predicted octanol–water partition coefficient (Wildman–Crippen LogP) is 2.53. The van der Waals surface area contributed by atoms with E-state index >= 15 is 0 Å². The number of aromatic nitrogens is 2. The zero-order chi connectivity index (χ0) is 13.8. The standard InChI is InChI=1S/C16H26N4/c1-20(10-4-7-13-5-2-3-6-13)16-14-8-9-17-11-15(14)18-12-19-16/h12-13,17H,2-11H2,1H3. The lowest BCUT2D eigenvalue weighted by Crippen LogP contribution is -2.29. The molecule has 1 fully saturated rings. The molecule has 0 saturated heterocycles. The van der Waals surface area contributed by atoms with Crippen molar-refractivity contribution in [2.75, 3.05) is 25.0 Å². The van der Waals surface area contributed by atoms with E-state index in [9.17, 15) is 0 Å². The summed E-state index contributed by atoms with van der Waals surface area (Å²) in [5, 5.41) is 3.38. The van der Waals surface area contributed by atoms with Gasteiger partial charge in [0.2, 0.25) is 0 Å². The van der Waals surface area contributed by atoms with Gasteiger partial charge in [0.05, 0.1) is 5.69 Å². The van der Waals surface area contributed by atoms with Crippen LogP contribution in [-0.4, -0.2) is 30.1 Å². The Hall–Kier alpha value is -1.16. The van der Waals surface area contributed by atoms with Crippen molar-refractivity contribution in [2.24, 2.45) is 5.92 Å². The molecular weight excluding hydrogens is 248 g/mol. The molecule has 0 unspecified atom stereocenters. The third-order valence-electron chi connectivity index (χ3n) is 4.80. The van der Waals surface area contributed by atoms with Crippen molar-refractivity contribution in [3.63, 3.8) is 0 Å². The number of nitrogens with one attached hydrogen (secondary N) is 1. The van der Waals surface area contributed by atoms with Gasteiger partial charge < -0.3 is 10.2 Å². The Morgan fingerprint density at radius 2 is 2.15 bits per heavy atom. The fourth-order valence-electron chi connectivity index (χ4n) is 3.62. The second-order valence-corrected chi connectivity index (χ2v) is 6.26. The van der Waals surface area contributed by atoms with Gasteiger partial charge in [-0.25, -0.2) is 9.97 Å². The molecule has 4 heteroatoms. The van der Waals surface area contributed by atoms with Gasteiger partial charge in [-0.15, -0.1) is 0 Å². The first-order valence-corrected chi connectivity index (χ1v) is 8.09. The molecule has 1 saturated carbocycles. The van der Waals surface area contributed by atoms with Crippen LogP contribution < -0.4 is 10.2 Å². The van der Waals surface area contributed by atoms with Crippen LogP contribution in [0.5, 0.6) is 0 Å². The SMILES string of the molecule is CN(CCCC1CCCC1)c1ncnc2c1CCNC2. The summed E-state index contributed by atoms with van der Waals surface area (Å²) in [5.41, 5.74) is 2.54. The van der Waals surface area contributed by atoms with Gasteiger partial charge in [0.25, 0.3) is 0 Å². The molecule has 0 radical (unpaired) electrons. The molecule has 0 aromatic carbocycles. The molecule has 0 amide bonds. The van der Waals surface area contributed by atoms with Gasteiger partial charge in [0.1, 0.15) is 12.1 Å². The van der Waals surface area contributed by atoms with E-state index in [1.54, 1.807) is 6.33 Å². The van der Waals surface area contributed by atoms with Gasteiger partial charge in [-0.1, -0.05) is 25.7 Å². The van der Waals surface area contributed by atoms with Crippen molar-refractivity contribution in [2.45, 2.75) is 51.5 Å². The Balaban J connectivity index is 1.57. The smallest absolute Gasteiger partial charge is 0.135 e. The third kappa shape index (κ3) is 3.11. The molecule has 0 bridgehead atoms. The van der Waals surface area contributed by atoms with Crippen LogP contribution in [0.1, 0.15) is 49.8 Å². The summed E-state index contributed by atoms with van der Waals surface area (Å²) < 4.78 is 0. The number of rotatable bonds is 5. The van der Waals surface area contributed by atoms with Crippen molar-refractivity contribution < 1.29 is 0 Å². The highest BCUT2D eigenvalue weighted by molar-refractivity contribution is 5.48. The molecule has 1 aromatic rings. The molecule has 1 aromatic heterocycles. The summed E-state index contributed by atoms with van der Waals surface area (Å²) in [6.07, 6.45) is 11.3. The van der Waals surface area contributed by atoms with E-state index in [-0.39, 0.29) is 0 Å². The summed E-state index contributed by atoms with van der Waals surface area (Å²) in [6, 6.07) is 0. The first-order chi connectivity index (χ1) is 9.84. The monoisotopic (exact) mass is 274 g/mol. The van der Waals surface area contributed by atoms with E-state index in [0.717, 1.165) is 37.8 Å². The molecule has 0 spiro atoms. The summed E-state index contributed by atoms with van der Waals surface area (Å²) in [4.78, 5) is 11.3. The summed E-state index contributed by atoms with van der Waals surface area (Å²) in [5.74, 6) is 2.15. The lowest BCUT2D eigenvalue weighted by Gasteiger charge is -2.25. The molecule has 1 aliphatic heterocycles. The highest BCUT2D eigenvalue weighted by atomic mass is 15.2. The molecule has 110 valence electrons. The highest BCUT2D eigenvalue weighted by Gasteiger charge is 2.18. The van der Waals surface area contributed by atoms with E-state index in [0.29, 0.717) is 0 Å². The first kappa shape index (κ1) is 13.8. The molecule has 1 N–H and O–H groups in total. The fourth-order valence-corrected chi connectivity index (χ4v) is 3.62. The van der Waals surface area contributed by atoms with Gasteiger partial charge >= 0.3 is 0 Å². The van der Waals surface area contributed by atoms with Crippen LogP contribution in [0, 0.1) is 5.92 Å². The maximum Gasteiger partial charge on any atom is 0.135 e. The van der Waals surface area contributed by atoms with E-state index in [4.69, 9.17) is 0 Å². The van der Waals surface area contributed by atoms with Gasteiger partial charge in [-0.3, -0.25) is 0 Å². The molecule has 2 aliphatic rings. The topological polar surface area (TPSA) is 41.1 Å². The average molecular weight is 274 g/mol. The molecule has 4 nitrogen and oxygen atoms in total. The predicted molar refractivity (Wildman–Crippen MR) is 81.9 cm³/mol. The number of anilines is 1. The molecule has 20 heavy (non-hydrogen) atoms. The number of hydrogen-bond donors (Lipinski definition) is 1. The minimum Gasteiger partial charge on any atom is -0.359 e. The molecule has 0 atom stereocenters. The van der Waals surface area contributed by atoms with Crippen LogP contribution >= 0.6 is 0 Å². The van der Waals surface area contributed by atoms with Crippen LogP contribution in [0.4, 0.5) is 5.82 Å². The van der Waals surface area contributed by atoms with Crippen molar-refractivity contribution >= 4 is 5.82 Å². The lowest BCUT2D eigenvalue weighted by atomic mass is 10.0. The van der Waals surface area contributed by atoms with Gasteiger partial charge in [-0.2, -0.15) is 0 Å². The largest absolute Gasteiger partial charge is 0.359 e. The van der Waals surface area contributed by atoms with Crippen LogP contribution in [-0.2, 0) is 13.0 Å². The second-order valence-electron chi connectivity index (χ2n) is 6.26. The number of hydrogen-bond acceptors (Lipinski definition) is 4. The maximum absolute atomic E-state index is 4.53. The zero-order valence-corrected chi connectivity index (χ0v) is 12.6. The summed E-state index contributed by atoms with van der Waals surface area (Å²) in [7, 11) is 2.18. The summed E-state index contributed by atoms with van der Waals surface area (Å²) in [6.45, 7) is 3.05. The molecule has 1 aliphatic carbocycles. The third-order valence-corrected chi connectivity index (χ3v) is 4.80. The van der Waals surface area contributed by atoms with Gasteiger partial charge in [0.15, 0.2) is 0 Å².